The first-order valence-corrected chi connectivity index (χ1v) is 8.31. The van der Waals surface area contributed by atoms with Crippen LogP contribution in [0.5, 0.6) is 0 Å². The molecule has 0 spiro atoms. The second kappa shape index (κ2) is 6.52. The van der Waals surface area contributed by atoms with Crippen molar-refractivity contribution in [2.45, 2.75) is 25.2 Å². The fourth-order valence-electron chi connectivity index (χ4n) is 2.83. The summed E-state index contributed by atoms with van der Waals surface area (Å²) in [5, 5.41) is 9.22. The van der Waals surface area contributed by atoms with Crippen LogP contribution in [0, 0.1) is 18.8 Å². The second-order valence-electron chi connectivity index (χ2n) is 5.77. The Hall–Kier alpha value is -1.49. The van der Waals surface area contributed by atoms with Gasteiger partial charge in [-0.15, -0.1) is 11.8 Å². The van der Waals surface area contributed by atoms with Crippen LogP contribution in [-0.4, -0.2) is 41.2 Å². The summed E-state index contributed by atoms with van der Waals surface area (Å²) in [6, 6.07) is 5.84. The van der Waals surface area contributed by atoms with E-state index in [0.29, 0.717) is 25.1 Å². The van der Waals surface area contributed by atoms with E-state index in [2.05, 4.69) is 0 Å². The number of nitrogens with zero attached hydrogens (tertiary/aromatic N) is 1. The minimum Gasteiger partial charge on any atom is -0.481 e. The van der Waals surface area contributed by atoms with Gasteiger partial charge in [0, 0.05) is 23.5 Å². The van der Waals surface area contributed by atoms with E-state index in [9.17, 15) is 14.7 Å². The largest absolute Gasteiger partial charge is 0.481 e. The van der Waals surface area contributed by atoms with Gasteiger partial charge in [0.2, 0.25) is 0 Å². The Morgan fingerprint density at radius 1 is 1.33 bits per heavy atom. The zero-order valence-corrected chi connectivity index (χ0v) is 13.4. The van der Waals surface area contributed by atoms with Gasteiger partial charge in [-0.1, -0.05) is 13.0 Å². The molecule has 1 fully saturated rings. The normalized spacial score (nSPS) is 22.1. The quantitative estimate of drug-likeness (QED) is 0.872. The zero-order valence-electron chi connectivity index (χ0n) is 12.6. The molecule has 2 atom stereocenters. The van der Waals surface area contributed by atoms with Crippen molar-refractivity contribution in [2.75, 3.05) is 19.3 Å². The Balaban J connectivity index is 2.24. The number of thioether (sulfide) groups is 1. The molecule has 1 heterocycles. The Morgan fingerprint density at radius 3 is 2.67 bits per heavy atom. The molecule has 0 bridgehead atoms. The van der Waals surface area contributed by atoms with Crippen molar-refractivity contribution in [1.29, 1.82) is 0 Å². The van der Waals surface area contributed by atoms with Crippen LogP contribution in [0.3, 0.4) is 0 Å². The highest BCUT2D eigenvalue weighted by Crippen LogP contribution is 2.25. The Labute approximate surface area is 129 Å². The highest BCUT2D eigenvalue weighted by molar-refractivity contribution is 7.98. The zero-order chi connectivity index (χ0) is 15.6. The maximum atomic E-state index is 12.7. The van der Waals surface area contributed by atoms with Crippen LogP contribution >= 0.6 is 11.8 Å². The fourth-order valence-corrected chi connectivity index (χ4v) is 3.26. The summed E-state index contributed by atoms with van der Waals surface area (Å²) in [5.74, 6) is -1.11. The summed E-state index contributed by atoms with van der Waals surface area (Å²) >= 11 is 1.60. The van der Waals surface area contributed by atoms with Crippen molar-refractivity contribution >= 4 is 23.6 Å². The third-order valence-corrected chi connectivity index (χ3v) is 4.70. The molecule has 2 unspecified atom stereocenters. The van der Waals surface area contributed by atoms with Crippen LogP contribution in [0.25, 0.3) is 0 Å². The van der Waals surface area contributed by atoms with Gasteiger partial charge in [-0.2, -0.15) is 0 Å². The average Bonchev–Trinajstić information content (AvgIpc) is 2.46. The first kappa shape index (κ1) is 15.9. The first-order valence-electron chi connectivity index (χ1n) is 7.09. The van der Waals surface area contributed by atoms with E-state index >= 15 is 0 Å². The molecule has 21 heavy (non-hydrogen) atoms. The molecule has 2 rings (SSSR count). The minimum atomic E-state index is -0.811. The molecule has 1 N–H and O–H groups in total. The Bertz CT molecular complexity index is 558. The van der Waals surface area contributed by atoms with Gasteiger partial charge in [0.05, 0.1) is 5.92 Å². The highest BCUT2D eigenvalue weighted by Gasteiger charge is 2.32. The van der Waals surface area contributed by atoms with E-state index in [1.807, 2.05) is 38.3 Å². The van der Waals surface area contributed by atoms with Crippen LogP contribution < -0.4 is 0 Å². The van der Waals surface area contributed by atoms with E-state index in [-0.39, 0.29) is 11.8 Å². The van der Waals surface area contributed by atoms with Gasteiger partial charge in [0.15, 0.2) is 0 Å². The summed E-state index contributed by atoms with van der Waals surface area (Å²) in [5.41, 5.74) is 1.61. The van der Waals surface area contributed by atoms with Gasteiger partial charge < -0.3 is 10.0 Å². The number of likely N-dealkylation sites (tertiary alicyclic amines) is 1. The standard InChI is InChI=1S/C16H21NO3S/c1-10-6-12(16(19)20)9-17(8-10)15(18)14-7-13(21-3)5-4-11(14)2/h4-5,7,10,12H,6,8-9H2,1-3H3,(H,19,20). The third-order valence-electron chi connectivity index (χ3n) is 3.97. The number of rotatable bonds is 3. The van der Waals surface area contributed by atoms with E-state index in [1.165, 1.54) is 0 Å². The number of carboxylic acids is 1. The molecule has 1 amide bonds. The fraction of sp³-hybridized carbons (Fsp3) is 0.500. The number of piperidine rings is 1. The minimum absolute atomic E-state index is 0.0544. The second-order valence-corrected chi connectivity index (χ2v) is 6.65. The number of benzene rings is 1. The number of carboxylic acid groups (broad SMARTS) is 1. The van der Waals surface area contributed by atoms with Crippen LogP contribution in [0.4, 0.5) is 0 Å². The van der Waals surface area contributed by atoms with Crippen molar-refractivity contribution < 1.29 is 14.7 Å². The Morgan fingerprint density at radius 2 is 2.05 bits per heavy atom. The lowest BCUT2D eigenvalue weighted by atomic mass is 9.90. The van der Waals surface area contributed by atoms with Gasteiger partial charge >= 0.3 is 5.97 Å². The molecule has 1 aromatic rings. The summed E-state index contributed by atoms with van der Waals surface area (Å²) < 4.78 is 0. The van der Waals surface area contributed by atoms with Crippen molar-refractivity contribution in [3.8, 4) is 0 Å². The summed E-state index contributed by atoms with van der Waals surface area (Å²) in [6.07, 6.45) is 2.62. The van der Waals surface area contributed by atoms with E-state index < -0.39 is 11.9 Å². The number of carbonyl (C=O) groups excluding carboxylic acids is 1. The predicted molar refractivity (Wildman–Crippen MR) is 83.8 cm³/mol. The molecule has 4 nitrogen and oxygen atoms in total. The highest BCUT2D eigenvalue weighted by atomic mass is 32.2. The lowest BCUT2D eigenvalue weighted by Gasteiger charge is -2.35. The first-order chi connectivity index (χ1) is 9.92. The van der Waals surface area contributed by atoms with E-state index in [4.69, 9.17) is 0 Å². The smallest absolute Gasteiger partial charge is 0.308 e. The van der Waals surface area contributed by atoms with Crippen LogP contribution in [-0.2, 0) is 4.79 Å². The lowest BCUT2D eigenvalue weighted by Crippen LogP contribution is -2.45. The third kappa shape index (κ3) is 3.59. The van der Waals surface area contributed by atoms with E-state index in [0.717, 1.165) is 10.5 Å². The molecule has 114 valence electrons. The van der Waals surface area contributed by atoms with Crippen molar-refractivity contribution in [1.82, 2.24) is 4.90 Å². The molecule has 0 aromatic heterocycles. The number of aliphatic carboxylic acids is 1. The molecule has 1 aromatic carbocycles. The number of hydrogen-bond donors (Lipinski definition) is 1. The molecule has 1 aliphatic rings. The molecule has 1 saturated heterocycles. The van der Waals surface area contributed by atoms with Gasteiger partial charge in [-0.3, -0.25) is 9.59 Å². The van der Waals surface area contributed by atoms with Gasteiger partial charge in [-0.05, 0) is 43.2 Å². The summed E-state index contributed by atoms with van der Waals surface area (Å²) in [6.45, 7) is 4.85. The lowest BCUT2D eigenvalue weighted by molar-refractivity contribution is -0.143. The van der Waals surface area contributed by atoms with Crippen molar-refractivity contribution in [3.63, 3.8) is 0 Å². The summed E-state index contributed by atoms with van der Waals surface area (Å²) in [7, 11) is 0. The maximum Gasteiger partial charge on any atom is 0.308 e. The van der Waals surface area contributed by atoms with Crippen LogP contribution in [0.2, 0.25) is 0 Å². The number of aryl methyl sites for hydroxylation is 1. The van der Waals surface area contributed by atoms with Gasteiger partial charge in [0.1, 0.15) is 0 Å². The summed E-state index contributed by atoms with van der Waals surface area (Å²) in [4.78, 5) is 26.7. The van der Waals surface area contributed by atoms with Crippen molar-refractivity contribution in [2.24, 2.45) is 11.8 Å². The molecule has 0 radical (unpaired) electrons. The molecule has 0 saturated carbocycles. The monoisotopic (exact) mass is 307 g/mol. The molecular formula is C16H21NO3S. The number of amides is 1. The molecular weight excluding hydrogens is 286 g/mol. The van der Waals surface area contributed by atoms with Crippen LogP contribution in [0.15, 0.2) is 23.1 Å². The predicted octanol–water partition coefficient (Wildman–Crippen LogP) is 2.90. The topological polar surface area (TPSA) is 57.6 Å². The van der Waals surface area contributed by atoms with Gasteiger partial charge in [-0.25, -0.2) is 0 Å². The Kier molecular flexibility index (Phi) is 4.93. The maximum absolute atomic E-state index is 12.7. The SMILES string of the molecule is CSc1ccc(C)c(C(=O)N2CC(C)CC(C(=O)O)C2)c1. The molecule has 5 heteroatoms. The van der Waals surface area contributed by atoms with Crippen LogP contribution in [0.1, 0.15) is 29.3 Å². The average molecular weight is 307 g/mol. The van der Waals surface area contributed by atoms with Gasteiger partial charge in [0.25, 0.3) is 5.91 Å². The molecule has 1 aliphatic heterocycles. The number of carbonyl (C=O) groups is 2. The van der Waals surface area contributed by atoms with Crippen molar-refractivity contribution in [3.05, 3.63) is 29.3 Å². The molecule has 0 aliphatic carbocycles. The number of hydrogen-bond acceptors (Lipinski definition) is 3. The van der Waals surface area contributed by atoms with E-state index in [1.54, 1.807) is 16.7 Å².